The molecule has 4 aromatic carbocycles. The highest BCUT2D eigenvalue weighted by molar-refractivity contribution is 6.13. The number of hydrogen-bond donors (Lipinski definition) is 5. The summed E-state index contributed by atoms with van der Waals surface area (Å²) >= 11 is 0. The Morgan fingerprint density at radius 1 is 0.558 bits per heavy atom. The summed E-state index contributed by atoms with van der Waals surface area (Å²) < 4.78 is 5.11. The van der Waals surface area contributed by atoms with E-state index in [-0.39, 0.29) is 59.2 Å². The number of aromatic hydroxyl groups is 3. The van der Waals surface area contributed by atoms with Crippen molar-refractivity contribution in [3.8, 4) is 23.0 Å². The third-order valence-corrected chi connectivity index (χ3v) is 7.57. The van der Waals surface area contributed by atoms with Gasteiger partial charge in [-0.2, -0.15) is 0 Å². The number of methoxy groups -OCH3 is 1. The topological polar surface area (TPSA) is 162 Å². The summed E-state index contributed by atoms with van der Waals surface area (Å²) in [7, 11) is 1.43. The average molecular weight is 581 g/mol. The van der Waals surface area contributed by atoms with Gasteiger partial charge >= 0.3 is 0 Å². The van der Waals surface area contributed by atoms with Crippen molar-refractivity contribution >= 4 is 23.4 Å². The summed E-state index contributed by atoms with van der Waals surface area (Å²) in [6.07, 6.45) is -0.380. The van der Waals surface area contributed by atoms with Crippen LogP contribution in [0.4, 0.5) is 0 Å². The lowest BCUT2D eigenvalue weighted by Crippen LogP contribution is -2.44. The predicted molar refractivity (Wildman–Crippen MR) is 154 cm³/mol. The summed E-state index contributed by atoms with van der Waals surface area (Å²) in [6, 6.07) is 26.7. The number of amides is 2. The first-order valence-electron chi connectivity index (χ1n) is 13.3. The van der Waals surface area contributed by atoms with Crippen LogP contribution in [0.5, 0.6) is 23.0 Å². The van der Waals surface area contributed by atoms with Gasteiger partial charge in [0.05, 0.1) is 20.0 Å². The van der Waals surface area contributed by atoms with E-state index in [1.54, 1.807) is 48.5 Å². The van der Waals surface area contributed by atoms with E-state index >= 15 is 0 Å². The fourth-order valence-electron chi connectivity index (χ4n) is 5.51. The molecule has 10 heteroatoms. The van der Waals surface area contributed by atoms with Gasteiger partial charge in [0.1, 0.15) is 0 Å². The molecule has 0 saturated carbocycles. The Kier molecular flexibility index (Phi) is 7.60. The molecule has 2 fully saturated rings. The van der Waals surface area contributed by atoms with Crippen molar-refractivity contribution in [3.05, 3.63) is 119 Å². The minimum Gasteiger partial charge on any atom is -0.504 e. The second kappa shape index (κ2) is 11.3. The summed E-state index contributed by atoms with van der Waals surface area (Å²) in [5, 5.41) is 34.4. The summed E-state index contributed by atoms with van der Waals surface area (Å²) in [5.41, 5.74) is -0.281. The standard InChI is InChI=1S/C17H15NO4.C16H13NO4/c1-22-14-9-12(7-8-13(14)19)17(11-5-3-2-4-6-11)15(20)10-16(21)18-17;18-12-7-6-11(8-13(12)19)16(10-4-2-1-3-5-10)14(20)9-15(21)17-16/h2-9,19H,10H2,1H3,(H,18,21);1-8,18-19H,9H2,(H,17,21). The van der Waals surface area contributed by atoms with E-state index in [9.17, 15) is 34.5 Å². The maximum absolute atomic E-state index is 12.6. The normalized spacial score (nSPS) is 21.0. The number of ketones is 2. The zero-order chi connectivity index (χ0) is 30.8. The molecule has 2 atom stereocenters. The molecule has 2 aliphatic rings. The lowest BCUT2D eigenvalue weighted by molar-refractivity contribution is -0.124. The third kappa shape index (κ3) is 5.03. The largest absolute Gasteiger partial charge is 0.504 e. The van der Waals surface area contributed by atoms with Crippen LogP contribution in [-0.4, -0.2) is 45.8 Å². The van der Waals surface area contributed by atoms with Crippen LogP contribution >= 0.6 is 0 Å². The molecule has 0 spiro atoms. The zero-order valence-electron chi connectivity index (χ0n) is 23.0. The lowest BCUT2D eigenvalue weighted by atomic mass is 9.80. The molecule has 0 radical (unpaired) electrons. The number of phenols is 3. The van der Waals surface area contributed by atoms with Crippen LogP contribution in [0.1, 0.15) is 35.1 Å². The smallest absolute Gasteiger partial charge is 0.228 e. The van der Waals surface area contributed by atoms with Gasteiger partial charge < -0.3 is 30.7 Å². The van der Waals surface area contributed by atoms with Crippen molar-refractivity contribution < 1.29 is 39.2 Å². The van der Waals surface area contributed by atoms with E-state index < -0.39 is 11.1 Å². The van der Waals surface area contributed by atoms with Gasteiger partial charge in [0, 0.05) is 0 Å². The number of benzene rings is 4. The van der Waals surface area contributed by atoms with E-state index in [1.807, 2.05) is 24.3 Å². The molecule has 0 aromatic heterocycles. The monoisotopic (exact) mass is 580 g/mol. The number of hydrogen-bond acceptors (Lipinski definition) is 8. The first-order chi connectivity index (χ1) is 20.6. The molecule has 2 heterocycles. The summed E-state index contributed by atoms with van der Waals surface area (Å²) in [6.45, 7) is 0. The molecule has 6 rings (SSSR count). The fraction of sp³-hybridized carbons (Fsp3) is 0.152. The molecular weight excluding hydrogens is 552 g/mol. The molecule has 43 heavy (non-hydrogen) atoms. The second-order valence-corrected chi connectivity index (χ2v) is 10.1. The van der Waals surface area contributed by atoms with Crippen molar-refractivity contribution in [1.82, 2.24) is 10.6 Å². The van der Waals surface area contributed by atoms with Gasteiger partial charge in [-0.05, 0) is 46.5 Å². The predicted octanol–water partition coefficient (Wildman–Crippen LogP) is 3.16. The Bertz CT molecular complexity index is 1720. The first-order valence-corrected chi connectivity index (χ1v) is 13.3. The SMILES string of the molecule is COc1cc(C2(c3ccccc3)NC(=O)CC2=O)ccc1O.O=C1CC(=O)C(c2ccccc2)(c2ccc(O)c(O)c2)N1. The van der Waals surface area contributed by atoms with Gasteiger partial charge in [-0.25, -0.2) is 0 Å². The van der Waals surface area contributed by atoms with E-state index in [1.165, 1.54) is 31.4 Å². The first kappa shape index (κ1) is 28.9. The van der Waals surface area contributed by atoms with Gasteiger partial charge in [-0.3, -0.25) is 19.2 Å². The number of carbonyl (C=O) groups excluding carboxylic acids is 4. The molecular formula is C33H28N2O8. The Morgan fingerprint density at radius 2 is 1.00 bits per heavy atom. The second-order valence-electron chi connectivity index (χ2n) is 10.1. The maximum atomic E-state index is 12.6. The molecule has 10 nitrogen and oxygen atoms in total. The van der Waals surface area contributed by atoms with Crippen LogP contribution in [0.3, 0.4) is 0 Å². The van der Waals surface area contributed by atoms with Gasteiger partial charge in [0.15, 0.2) is 45.6 Å². The summed E-state index contributed by atoms with van der Waals surface area (Å²) in [5.74, 6) is -1.58. The third-order valence-electron chi connectivity index (χ3n) is 7.57. The van der Waals surface area contributed by atoms with Crippen molar-refractivity contribution in [1.29, 1.82) is 0 Å². The Balaban J connectivity index is 0.000000171. The molecule has 2 aliphatic heterocycles. The van der Waals surface area contributed by atoms with Gasteiger partial charge in [-0.15, -0.1) is 0 Å². The minimum atomic E-state index is -1.32. The van der Waals surface area contributed by atoms with Crippen LogP contribution in [0.15, 0.2) is 97.1 Å². The van der Waals surface area contributed by atoms with Crippen LogP contribution in [-0.2, 0) is 30.3 Å². The number of rotatable bonds is 5. The average Bonchev–Trinajstić information content (AvgIpc) is 3.50. The van der Waals surface area contributed by atoms with Crippen LogP contribution in [0.2, 0.25) is 0 Å². The molecule has 0 bridgehead atoms. The number of Topliss-reactive ketones (excluding diaryl/α,β-unsaturated/α-hetero) is 2. The quantitative estimate of drug-likeness (QED) is 0.178. The Hall–Kier alpha value is -5.64. The van der Waals surface area contributed by atoms with Crippen LogP contribution in [0.25, 0.3) is 0 Å². The molecule has 2 saturated heterocycles. The van der Waals surface area contributed by atoms with Crippen LogP contribution < -0.4 is 15.4 Å². The molecule has 5 N–H and O–H groups in total. The Morgan fingerprint density at radius 3 is 1.40 bits per heavy atom. The highest BCUT2D eigenvalue weighted by atomic mass is 16.5. The molecule has 4 aromatic rings. The van der Waals surface area contributed by atoms with Crippen molar-refractivity contribution in [2.75, 3.05) is 7.11 Å². The maximum Gasteiger partial charge on any atom is 0.228 e. The number of ether oxygens (including phenoxy) is 1. The molecule has 2 unspecified atom stereocenters. The number of phenolic OH excluding ortho intramolecular Hbond substituents is 3. The number of carbonyl (C=O) groups is 4. The highest BCUT2D eigenvalue weighted by Crippen LogP contribution is 2.40. The van der Waals surface area contributed by atoms with Crippen molar-refractivity contribution in [3.63, 3.8) is 0 Å². The molecule has 0 aliphatic carbocycles. The van der Waals surface area contributed by atoms with Crippen molar-refractivity contribution in [2.24, 2.45) is 0 Å². The van der Waals surface area contributed by atoms with E-state index in [2.05, 4.69) is 10.6 Å². The van der Waals surface area contributed by atoms with Gasteiger partial charge in [0.25, 0.3) is 0 Å². The van der Waals surface area contributed by atoms with E-state index in [0.717, 1.165) is 0 Å². The highest BCUT2D eigenvalue weighted by Gasteiger charge is 2.50. The fourth-order valence-corrected chi connectivity index (χ4v) is 5.51. The minimum absolute atomic E-state index is 0.0220. The van der Waals surface area contributed by atoms with Gasteiger partial charge in [0.2, 0.25) is 11.8 Å². The van der Waals surface area contributed by atoms with Crippen molar-refractivity contribution in [2.45, 2.75) is 23.9 Å². The molecule has 218 valence electrons. The zero-order valence-corrected chi connectivity index (χ0v) is 23.0. The van der Waals surface area contributed by atoms with E-state index in [4.69, 9.17) is 4.74 Å². The van der Waals surface area contributed by atoms with Gasteiger partial charge in [-0.1, -0.05) is 72.8 Å². The van der Waals surface area contributed by atoms with E-state index in [0.29, 0.717) is 22.3 Å². The lowest BCUT2D eigenvalue weighted by Gasteiger charge is -2.29. The summed E-state index contributed by atoms with van der Waals surface area (Å²) in [4.78, 5) is 48.6. The van der Waals surface area contributed by atoms with Crippen LogP contribution in [0, 0.1) is 0 Å². The Labute approximate surface area is 246 Å². The number of nitrogens with one attached hydrogen (secondary N) is 2. The molecule has 2 amide bonds.